The van der Waals surface area contributed by atoms with Crippen LogP contribution in [0.2, 0.25) is 0 Å². The molecule has 0 spiro atoms. The molecule has 4 heterocycles. The molecule has 6 heteroatoms. The van der Waals surface area contributed by atoms with E-state index in [0.29, 0.717) is 6.42 Å². The molecule has 0 bridgehead atoms. The Labute approximate surface area is 159 Å². The number of hydrogen-bond donors (Lipinski definition) is 0. The van der Waals surface area contributed by atoms with Crippen LogP contribution in [0.3, 0.4) is 0 Å². The van der Waals surface area contributed by atoms with Gasteiger partial charge in [0, 0.05) is 49.6 Å². The Balaban J connectivity index is 1.37. The second-order valence-corrected chi connectivity index (χ2v) is 7.54. The molecule has 0 unspecified atom stereocenters. The molecular formula is C21H27N5O. The van der Waals surface area contributed by atoms with Crippen molar-refractivity contribution in [3.05, 3.63) is 53.7 Å². The molecule has 1 saturated heterocycles. The molecule has 0 radical (unpaired) electrons. The molecule has 142 valence electrons. The van der Waals surface area contributed by atoms with Gasteiger partial charge in [0.05, 0.1) is 0 Å². The molecule has 1 fully saturated rings. The van der Waals surface area contributed by atoms with Crippen LogP contribution in [0.5, 0.6) is 0 Å². The smallest absolute Gasteiger partial charge is 0.222 e. The van der Waals surface area contributed by atoms with Gasteiger partial charge >= 0.3 is 0 Å². The lowest BCUT2D eigenvalue weighted by Crippen LogP contribution is -2.39. The van der Waals surface area contributed by atoms with Crippen molar-refractivity contribution in [2.24, 2.45) is 0 Å². The third kappa shape index (κ3) is 3.61. The number of fused-ring (bicyclic) bond motifs is 1. The number of carbonyl (C=O) groups excluding carboxylic acids is 1. The van der Waals surface area contributed by atoms with Gasteiger partial charge < -0.3 is 9.47 Å². The first-order valence-corrected chi connectivity index (χ1v) is 9.83. The zero-order valence-corrected chi connectivity index (χ0v) is 16.1. The normalized spacial score (nSPS) is 17.6. The number of aryl methyl sites for hydroxylation is 2. The summed E-state index contributed by atoms with van der Waals surface area (Å²) in [5, 5.41) is 8.66. The largest absolute Gasteiger partial charge is 0.349 e. The molecule has 1 atom stereocenters. The van der Waals surface area contributed by atoms with Gasteiger partial charge in [-0.2, -0.15) is 0 Å². The average molecular weight is 365 g/mol. The van der Waals surface area contributed by atoms with Gasteiger partial charge in [-0.25, -0.2) is 0 Å². The second kappa shape index (κ2) is 7.55. The van der Waals surface area contributed by atoms with E-state index < -0.39 is 0 Å². The number of rotatable bonds is 5. The number of hydrogen-bond acceptors (Lipinski definition) is 3. The fourth-order valence-electron chi connectivity index (χ4n) is 4.15. The first-order chi connectivity index (χ1) is 13.1. The minimum absolute atomic E-state index is 0.258. The first-order valence-electron chi connectivity index (χ1n) is 9.83. The highest BCUT2D eigenvalue weighted by atomic mass is 16.2. The predicted octanol–water partition coefficient (Wildman–Crippen LogP) is 3.33. The van der Waals surface area contributed by atoms with Gasteiger partial charge in [0.2, 0.25) is 5.91 Å². The summed E-state index contributed by atoms with van der Waals surface area (Å²) in [6.45, 7) is 6.74. The quantitative estimate of drug-likeness (QED) is 0.697. The lowest BCUT2D eigenvalue weighted by atomic mass is 9.97. The molecule has 27 heavy (non-hydrogen) atoms. The number of nitrogens with zero attached hydrogens (tertiary/aromatic N) is 5. The Kier molecular flexibility index (Phi) is 4.97. The summed E-state index contributed by atoms with van der Waals surface area (Å²) in [7, 11) is 0. The second-order valence-electron chi connectivity index (χ2n) is 7.54. The summed E-state index contributed by atoms with van der Waals surface area (Å²) >= 11 is 0. The maximum absolute atomic E-state index is 12.7. The third-order valence-corrected chi connectivity index (χ3v) is 5.67. The van der Waals surface area contributed by atoms with Gasteiger partial charge in [-0.3, -0.25) is 9.20 Å². The maximum Gasteiger partial charge on any atom is 0.222 e. The summed E-state index contributed by atoms with van der Waals surface area (Å²) in [4.78, 5) is 14.8. The fourth-order valence-corrected chi connectivity index (χ4v) is 4.15. The molecule has 3 aromatic heterocycles. The summed E-state index contributed by atoms with van der Waals surface area (Å²) in [5.74, 6) is 1.49. The highest BCUT2D eigenvalue weighted by Gasteiger charge is 2.27. The molecule has 0 N–H and O–H groups in total. The Hall–Kier alpha value is -2.63. The molecule has 0 aromatic carbocycles. The predicted molar refractivity (Wildman–Crippen MR) is 105 cm³/mol. The molecule has 4 rings (SSSR count). The monoisotopic (exact) mass is 365 g/mol. The van der Waals surface area contributed by atoms with E-state index in [1.54, 1.807) is 0 Å². The van der Waals surface area contributed by atoms with Crippen molar-refractivity contribution in [3.8, 4) is 0 Å². The molecule has 6 nitrogen and oxygen atoms in total. The summed E-state index contributed by atoms with van der Waals surface area (Å²) < 4.78 is 4.34. The standard InChI is InChI=1S/C21H27N5O/c1-16-10-11-17(2)25(16)14-6-9-20(27)24-12-5-7-18(15-24)21-23-22-19-8-3-4-13-26(19)21/h3-4,8,10-11,13,18H,5-7,9,12,14-15H2,1-2H3/t18-/m0/s1. The number of carbonyl (C=O) groups is 1. The van der Waals surface area contributed by atoms with Gasteiger partial charge in [0.15, 0.2) is 5.65 Å². The third-order valence-electron chi connectivity index (χ3n) is 5.67. The van der Waals surface area contributed by atoms with Gasteiger partial charge in [-0.05, 0) is 57.4 Å². The molecule has 0 aliphatic carbocycles. The molecule has 3 aromatic rings. The van der Waals surface area contributed by atoms with Gasteiger partial charge in [-0.15, -0.1) is 10.2 Å². The molecular weight excluding hydrogens is 338 g/mol. The van der Waals surface area contributed by atoms with Crippen molar-refractivity contribution < 1.29 is 4.79 Å². The van der Waals surface area contributed by atoms with Crippen LogP contribution in [0.15, 0.2) is 36.5 Å². The molecule has 1 aliphatic heterocycles. The van der Waals surface area contributed by atoms with Crippen molar-refractivity contribution in [3.63, 3.8) is 0 Å². The number of pyridine rings is 1. The van der Waals surface area contributed by atoms with Crippen LogP contribution in [-0.4, -0.2) is 43.1 Å². The van der Waals surface area contributed by atoms with Gasteiger partial charge in [-0.1, -0.05) is 6.07 Å². The van der Waals surface area contributed by atoms with Crippen LogP contribution < -0.4 is 0 Å². The van der Waals surface area contributed by atoms with Crippen LogP contribution in [0, 0.1) is 13.8 Å². The number of aromatic nitrogens is 4. The van der Waals surface area contributed by atoms with Gasteiger partial charge in [0.1, 0.15) is 5.82 Å². The van der Waals surface area contributed by atoms with Crippen LogP contribution in [0.4, 0.5) is 0 Å². The molecule has 1 aliphatic rings. The van der Waals surface area contributed by atoms with Crippen molar-refractivity contribution in [2.75, 3.05) is 13.1 Å². The lowest BCUT2D eigenvalue weighted by molar-refractivity contribution is -0.132. The van der Waals surface area contributed by atoms with Crippen LogP contribution in [0.1, 0.15) is 48.8 Å². The van der Waals surface area contributed by atoms with E-state index in [1.165, 1.54) is 11.4 Å². The Morgan fingerprint density at radius 3 is 2.78 bits per heavy atom. The number of amides is 1. The minimum Gasteiger partial charge on any atom is -0.349 e. The average Bonchev–Trinajstić information content (AvgIpc) is 3.26. The lowest BCUT2D eigenvalue weighted by Gasteiger charge is -2.32. The van der Waals surface area contributed by atoms with E-state index >= 15 is 0 Å². The highest BCUT2D eigenvalue weighted by molar-refractivity contribution is 5.76. The summed E-state index contributed by atoms with van der Waals surface area (Å²) in [6, 6.07) is 10.2. The van der Waals surface area contributed by atoms with Crippen molar-refractivity contribution in [1.29, 1.82) is 0 Å². The Bertz CT molecular complexity index is 922. The zero-order chi connectivity index (χ0) is 18.8. The SMILES string of the molecule is Cc1ccc(C)n1CCCC(=O)N1CCC[C@H](c2nnc3ccccn23)C1. The van der Waals surface area contributed by atoms with Crippen LogP contribution in [0.25, 0.3) is 5.65 Å². The van der Waals surface area contributed by atoms with Gasteiger partial charge in [0.25, 0.3) is 0 Å². The van der Waals surface area contributed by atoms with E-state index in [0.717, 1.165) is 50.4 Å². The fraction of sp³-hybridized carbons (Fsp3) is 0.476. The highest BCUT2D eigenvalue weighted by Crippen LogP contribution is 2.26. The first kappa shape index (κ1) is 17.8. The van der Waals surface area contributed by atoms with E-state index in [4.69, 9.17) is 0 Å². The van der Waals surface area contributed by atoms with Crippen molar-refractivity contribution >= 4 is 11.6 Å². The number of piperidine rings is 1. The van der Waals surface area contributed by atoms with E-state index in [-0.39, 0.29) is 11.8 Å². The van der Waals surface area contributed by atoms with Crippen LogP contribution in [-0.2, 0) is 11.3 Å². The number of likely N-dealkylation sites (tertiary alicyclic amines) is 1. The van der Waals surface area contributed by atoms with Crippen molar-refractivity contribution in [2.45, 2.75) is 52.0 Å². The topological polar surface area (TPSA) is 55.4 Å². The minimum atomic E-state index is 0.258. The van der Waals surface area contributed by atoms with E-state index in [1.807, 2.05) is 29.3 Å². The summed E-state index contributed by atoms with van der Waals surface area (Å²) in [5.41, 5.74) is 3.39. The molecule has 0 saturated carbocycles. The van der Waals surface area contributed by atoms with E-state index in [9.17, 15) is 4.79 Å². The Morgan fingerprint density at radius 2 is 1.96 bits per heavy atom. The van der Waals surface area contributed by atoms with Crippen LogP contribution >= 0.6 is 0 Å². The maximum atomic E-state index is 12.7. The Morgan fingerprint density at radius 1 is 1.15 bits per heavy atom. The zero-order valence-electron chi connectivity index (χ0n) is 16.1. The van der Waals surface area contributed by atoms with Crippen molar-refractivity contribution in [1.82, 2.24) is 24.1 Å². The molecule has 1 amide bonds. The summed E-state index contributed by atoms with van der Waals surface area (Å²) in [6.07, 6.45) is 5.57. The van der Waals surface area contributed by atoms with E-state index in [2.05, 4.69) is 45.1 Å².